The summed E-state index contributed by atoms with van der Waals surface area (Å²) in [6.45, 7) is 5.35. The van der Waals surface area contributed by atoms with E-state index in [4.69, 9.17) is 4.74 Å². The van der Waals surface area contributed by atoms with Crippen LogP contribution in [0.3, 0.4) is 0 Å². The van der Waals surface area contributed by atoms with Crippen LogP contribution in [-0.4, -0.2) is 30.2 Å². The van der Waals surface area contributed by atoms with Gasteiger partial charge in [-0.05, 0) is 43.5 Å². The topological polar surface area (TPSA) is 32.7 Å². The van der Waals surface area contributed by atoms with E-state index >= 15 is 0 Å². The van der Waals surface area contributed by atoms with Crippen molar-refractivity contribution in [3.8, 4) is 11.5 Å². The number of phenolic OH excluding ortho intramolecular Hbond substituents is 1. The molecule has 1 atom stereocenters. The Hall–Kier alpha value is -1.22. The van der Waals surface area contributed by atoms with Crippen LogP contribution in [0.15, 0.2) is 18.2 Å². The van der Waals surface area contributed by atoms with Crippen molar-refractivity contribution in [1.29, 1.82) is 0 Å². The average Bonchev–Trinajstić information content (AvgIpc) is 2.32. The molecule has 0 amide bonds. The van der Waals surface area contributed by atoms with Gasteiger partial charge in [0.15, 0.2) is 0 Å². The minimum absolute atomic E-state index is 0.365. The number of hydrogen-bond acceptors (Lipinski definition) is 3. The Morgan fingerprint density at radius 2 is 2.29 bits per heavy atom. The Balaban J connectivity index is 2.06. The van der Waals surface area contributed by atoms with Crippen LogP contribution in [0.25, 0.3) is 0 Å². The monoisotopic (exact) mass is 235 g/mol. The molecule has 1 aliphatic rings. The van der Waals surface area contributed by atoms with E-state index in [2.05, 4.69) is 11.8 Å². The number of hydrogen-bond donors (Lipinski definition) is 1. The molecule has 3 nitrogen and oxygen atoms in total. The molecule has 0 bridgehead atoms. The molecule has 17 heavy (non-hydrogen) atoms. The Morgan fingerprint density at radius 3 is 3.00 bits per heavy atom. The van der Waals surface area contributed by atoms with Crippen molar-refractivity contribution >= 4 is 0 Å². The van der Waals surface area contributed by atoms with Crippen molar-refractivity contribution in [3.63, 3.8) is 0 Å². The summed E-state index contributed by atoms with van der Waals surface area (Å²) in [6.07, 6.45) is 2.58. The van der Waals surface area contributed by atoms with Gasteiger partial charge in [0, 0.05) is 18.7 Å². The number of rotatable bonds is 3. The van der Waals surface area contributed by atoms with Crippen LogP contribution in [0.2, 0.25) is 0 Å². The molecule has 0 aliphatic carbocycles. The van der Waals surface area contributed by atoms with Crippen molar-refractivity contribution in [1.82, 2.24) is 4.90 Å². The van der Waals surface area contributed by atoms with E-state index in [1.165, 1.54) is 12.8 Å². The molecule has 1 aliphatic heterocycles. The molecule has 0 saturated carbocycles. The summed E-state index contributed by atoms with van der Waals surface area (Å²) in [5.74, 6) is 1.93. The van der Waals surface area contributed by atoms with E-state index in [0.29, 0.717) is 5.75 Å². The molecule has 1 aromatic carbocycles. The minimum atomic E-state index is 0.365. The first-order chi connectivity index (χ1) is 8.19. The first-order valence-corrected chi connectivity index (χ1v) is 6.27. The fraction of sp³-hybridized carbons (Fsp3) is 0.571. The fourth-order valence-electron chi connectivity index (χ4n) is 2.49. The van der Waals surface area contributed by atoms with Crippen LogP contribution in [0, 0.1) is 5.92 Å². The Morgan fingerprint density at radius 1 is 1.47 bits per heavy atom. The summed E-state index contributed by atoms with van der Waals surface area (Å²) >= 11 is 0. The third kappa shape index (κ3) is 3.13. The second kappa shape index (κ2) is 5.41. The number of likely N-dealkylation sites (tertiary alicyclic amines) is 1. The lowest BCUT2D eigenvalue weighted by atomic mass is 9.99. The maximum atomic E-state index is 9.84. The lowest BCUT2D eigenvalue weighted by molar-refractivity contribution is 0.175. The quantitative estimate of drug-likeness (QED) is 0.874. The smallest absolute Gasteiger partial charge is 0.120 e. The van der Waals surface area contributed by atoms with Gasteiger partial charge < -0.3 is 9.84 Å². The summed E-state index contributed by atoms with van der Waals surface area (Å²) in [4.78, 5) is 2.41. The number of piperidine rings is 1. The average molecular weight is 235 g/mol. The third-order valence-electron chi connectivity index (χ3n) is 3.42. The van der Waals surface area contributed by atoms with E-state index < -0.39 is 0 Å². The second-order valence-corrected chi connectivity index (χ2v) is 4.98. The Labute approximate surface area is 103 Å². The molecule has 1 fully saturated rings. The zero-order valence-corrected chi connectivity index (χ0v) is 10.6. The number of phenols is 1. The van der Waals surface area contributed by atoms with Gasteiger partial charge in [0.1, 0.15) is 11.5 Å². The summed E-state index contributed by atoms with van der Waals surface area (Å²) in [7, 11) is 1.65. The van der Waals surface area contributed by atoms with Gasteiger partial charge in [0.2, 0.25) is 0 Å². The predicted octanol–water partition coefficient (Wildman–Crippen LogP) is 2.63. The molecule has 1 aromatic rings. The van der Waals surface area contributed by atoms with E-state index in [9.17, 15) is 5.11 Å². The molecule has 0 spiro atoms. The Bertz CT molecular complexity index is 378. The molecule has 2 rings (SSSR count). The summed E-state index contributed by atoms with van der Waals surface area (Å²) in [5.41, 5.74) is 0.957. The van der Waals surface area contributed by atoms with Crippen molar-refractivity contribution in [2.75, 3.05) is 20.2 Å². The van der Waals surface area contributed by atoms with Gasteiger partial charge in [-0.3, -0.25) is 4.90 Å². The highest BCUT2D eigenvalue weighted by atomic mass is 16.5. The molecular weight excluding hydrogens is 214 g/mol. The summed E-state index contributed by atoms with van der Waals surface area (Å²) in [6, 6.07) is 5.42. The van der Waals surface area contributed by atoms with Gasteiger partial charge in [0.05, 0.1) is 7.11 Å². The minimum Gasteiger partial charge on any atom is -0.508 e. The van der Waals surface area contributed by atoms with Gasteiger partial charge in [-0.25, -0.2) is 0 Å². The van der Waals surface area contributed by atoms with Crippen molar-refractivity contribution in [2.24, 2.45) is 5.92 Å². The van der Waals surface area contributed by atoms with Crippen LogP contribution in [0.5, 0.6) is 11.5 Å². The Kier molecular flexibility index (Phi) is 3.89. The predicted molar refractivity (Wildman–Crippen MR) is 68.3 cm³/mol. The van der Waals surface area contributed by atoms with Gasteiger partial charge in [-0.1, -0.05) is 6.92 Å². The zero-order chi connectivity index (χ0) is 12.3. The molecule has 0 unspecified atom stereocenters. The number of ether oxygens (including phenoxy) is 1. The SMILES string of the molecule is COc1ccc(O)c(CN2CCC[C@@H](C)C2)c1. The highest BCUT2D eigenvalue weighted by Gasteiger charge is 2.17. The molecule has 1 saturated heterocycles. The van der Waals surface area contributed by atoms with E-state index in [1.807, 2.05) is 6.07 Å². The number of aromatic hydroxyl groups is 1. The normalized spacial score (nSPS) is 21.4. The lowest BCUT2D eigenvalue weighted by Gasteiger charge is -2.31. The van der Waals surface area contributed by atoms with Gasteiger partial charge >= 0.3 is 0 Å². The van der Waals surface area contributed by atoms with Crippen LogP contribution in [-0.2, 0) is 6.54 Å². The van der Waals surface area contributed by atoms with Crippen molar-refractivity contribution in [2.45, 2.75) is 26.3 Å². The number of benzene rings is 1. The molecule has 3 heteroatoms. The first-order valence-electron chi connectivity index (χ1n) is 6.27. The van der Waals surface area contributed by atoms with Crippen molar-refractivity contribution < 1.29 is 9.84 Å². The van der Waals surface area contributed by atoms with Crippen LogP contribution < -0.4 is 4.74 Å². The molecule has 1 heterocycles. The molecular formula is C14H21NO2. The summed E-state index contributed by atoms with van der Waals surface area (Å²) < 4.78 is 5.19. The van der Waals surface area contributed by atoms with E-state index in [1.54, 1.807) is 19.2 Å². The van der Waals surface area contributed by atoms with Gasteiger partial charge in [-0.2, -0.15) is 0 Å². The number of nitrogens with zero attached hydrogens (tertiary/aromatic N) is 1. The fourth-order valence-corrected chi connectivity index (χ4v) is 2.49. The molecule has 1 N–H and O–H groups in total. The number of methoxy groups -OCH3 is 1. The van der Waals surface area contributed by atoms with Gasteiger partial charge in [-0.15, -0.1) is 0 Å². The molecule has 0 radical (unpaired) electrons. The lowest BCUT2D eigenvalue weighted by Crippen LogP contribution is -2.33. The molecule has 0 aromatic heterocycles. The van der Waals surface area contributed by atoms with E-state index in [-0.39, 0.29) is 0 Å². The highest BCUT2D eigenvalue weighted by Crippen LogP contribution is 2.26. The standard InChI is InChI=1S/C14H21NO2/c1-11-4-3-7-15(9-11)10-12-8-13(17-2)5-6-14(12)16/h5-6,8,11,16H,3-4,7,9-10H2,1-2H3/t11-/m1/s1. The molecule has 94 valence electrons. The van der Waals surface area contributed by atoms with Crippen LogP contribution >= 0.6 is 0 Å². The third-order valence-corrected chi connectivity index (χ3v) is 3.42. The first kappa shape index (κ1) is 12.2. The van der Waals surface area contributed by atoms with Crippen LogP contribution in [0.1, 0.15) is 25.3 Å². The maximum absolute atomic E-state index is 9.84. The highest BCUT2D eigenvalue weighted by molar-refractivity contribution is 5.39. The van der Waals surface area contributed by atoms with Crippen LogP contribution in [0.4, 0.5) is 0 Å². The second-order valence-electron chi connectivity index (χ2n) is 4.98. The van der Waals surface area contributed by atoms with E-state index in [0.717, 1.165) is 36.9 Å². The van der Waals surface area contributed by atoms with Crippen molar-refractivity contribution in [3.05, 3.63) is 23.8 Å². The maximum Gasteiger partial charge on any atom is 0.120 e. The van der Waals surface area contributed by atoms with Gasteiger partial charge in [0.25, 0.3) is 0 Å². The largest absolute Gasteiger partial charge is 0.508 e. The zero-order valence-electron chi connectivity index (χ0n) is 10.6. The summed E-state index contributed by atoms with van der Waals surface area (Å²) in [5, 5.41) is 9.84.